The van der Waals surface area contributed by atoms with Gasteiger partial charge in [-0.15, -0.1) is 0 Å². The number of aliphatic hydroxyl groups excluding tert-OH is 1. The topological polar surface area (TPSA) is 46.5 Å². The molecule has 2 rings (SSSR count). The summed E-state index contributed by atoms with van der Waals surface area (Å²) in [4.78, 5) is 10.9. The zero-order valence-electron chi connectivity index (χ0n) is 8.66. The average Bonchev–Trinajstić information content (AvgIpc) is 2.63. The summed E-state index contributed by atoms with van der Waals surface area (Å²) in [6, 6.07) is 0. The second-order valence-corrected chi connectivity index (χ2v) is 4.63. The number of ether oxygens (including phenoxy) is 1. The van der Waals surface area contributed by atoms with Crippen LogP contribution in [0.2, 0.25) is 0 Å². The zero-order chi connectivity index (χ0) is 10.2. The highest BCUT2D eigenvalue weighted by molar-refractivity contribution is 5.66. The van der Waals surface area contributed by atoms with Crippen molar-refractivity contribution in [2.45, 2.75) is 57.7 Å². The van der Waals surface area contributed by atoms with E-state index in [2.05, 4.69) is 0 Å². The summed E-state index contributed by atoms with van der Waals surface area (Å²) in [5.74, 6) is -0.213. The van der Waals surface area contributed by atoms with Gasteiger partial charge in [0, 0.05) is 12.3 Å². The maximum atomic E-state index is 10.9. The molecule has 0 amide bonds. The third-order valence-electron chi connectivity index (χ3n) is 3.84. The van der Waals surface area contributed by atoms with Crippen molar-refractivity contribution in [2.24, 2.45) is 5.41 Å². The van der Waals surface area contributed by atoms with Crippen LogP contribution in [0.1, 0.15) is 45.4 Å². The molecule has 3 unspecified atom stereocenters. The number of hydrogen-bond donors (Lipinski definition) is 1. The van der Waals surface area contributed by atoms with E-state index in [9.17, 15) is 9.90 Å². The molecule has 80 valence electrons. The lowest BCUT2D eigenvalue weighted by molar-refractivity contribution is -0.155. The lowest BCUT2D eigenvalue weighted by Crippen LogP contribution is -2.39. The quantitative estimate of drug-likeness (QED) is 0.651. The van der Waals surface area contributed by atoms with Crippen molar-refractivity contribution in [3.8, 4) is 0 Å². The van der Waals surface area contributed by atoms with Gasteiger partial charge in [-0.25, -0.2) is 0 Å². The summed E-state index contributed by atoms with van der Waals surface area (Å²) < 4.78 is 5.32. The van der Waals surface area contributed by atoms with Gasteiger partial charge >= 0.3 is 5.97 Å². The summed E-state index contributed by atoms with van der Waals surface area (Å²) >= 11 is 0. The third kappa shape index (κ3) is 1.44. The van der Waals surface area contributed by atoms with E-state index in [1.165, 1.54) is 6.92 Å². The van der Waals surface area contributed by atoms with Crippen LogP contribution >= 0.6 is 0 Å². The van der Waals surface area contributed by atoms with Crippen LogP contribution < -0.4 is 0 Å². The lowest BCUT2D eigenvalue weighted by atomic mass is 9.80. The molecule has 3 atom stereocenters. The smallest absolute Gasteiger partial charge is 0.302 e. The van der Waals surface area contributed by atoms with Gasteiger partial charge < -0.3 is 9.84 Å². The standard InChI is InChI=1S/C11H18O3/c1-8(12)14-10-5-3-7-11(10)6-2-4-9(11)13/h9-10,13H,2-7H2,1H3. The molecule has 2 saturated carbocycles. The normalized spacial score (nSPS) is 41.9. The maximum absolute atomic E-state index is 10.9. The van der Waals surface area contributed by atoms with Gasteiger partial charge in [-0.05, 0) is 32.1 Å². The van der Waals surface area contributed by atoms with Crippen molar-refractivity contribution in [2.75, 3.05) is 0 Å². The van der Waals surface area contributed by atoms with E-state index in [4.69, 9.17) is 4.74 Å². The minimum absolute atomic E-state index is 0.0301. The highest BCUT2D eigenvalue weighted by atomic mass is 16.5. The van der Waals surface area contributed by atoms with Gasteiger partial charge in [0.1, 0.15) is 6.10 Å². The number of carbonyl (C=O) groups excluding carboxylic acids is 1. The predicted octanol–water partition coefficient (Wildman–Crippen LogP) is 1.63. The summed E-state index contributed by atoms with van der Waals surface area (Å²) in [7, 11) is 0. The zero-order valence-corrected chi connectivity index (χ0v) is 8.66. The molecule has 2 fully saturated rings. The number of esters is 1. The van der Waals surface area contributed by atoms with Gasteiger partial charge in [-0.1, -0.05) is 6.42 Å². The first kappa shape index (κ1) is 9.97. The van der Waals surface area contributed by atoms with Gasteiger partial charge in [0.2, 0.25) is 0 Å². The van der Waals surface area contributed by atoms with Crippen LogP contribution in [-0.2, 0) is 9.53 Å². The Morgan fingerprint density at radius 3 is 2.57 bits per heavy atom. The van der Waals surface area contributed by atoms with Crippen LogP contribution in [0.3, 0.4) is 0 Å². The maximum Gasteiger partial charge on any atom is 0.302 e. The molecule has 3 nitrogen and oxygen atoms in total. The van der Waals surface area contributed by atoms with Crippen molar-refractivity contribution in [1.29, 1.82) is 0 Å². The molecule has 14 heavy (non-hydrogen) atoms. The number of rotatable bonds is 1. The minimum Gasteiger partial charge on any atom is -0.462 e. The SMILES string of the molecule is CC(=O)OC1CCCC12CCCC2O. The fourth-order valence-electron chi connectivity index (χ4n) is 3.19. The molecule has 0 heterocycles. The van der Waals surface area contributed by atoms with Crippen LogP contribution in [0.25, 0.3) is 0 Å². The summed E-state index contributed by atoms with van der Waals surface area (Å²) in [6.07, 6.45) is 5.70. The van der Waals surface area contributed by atoms with Crippen LogP contribution in [-0.4, -0.2) is 23.3 Å². The van der Waals surface area contributed by atoms with Crippen LogP contribution in [0.5, 0.6) is 0 Å². The average molecular weight is 198 g/mol. The Morgan fingerprint density at radius 1 is 1.36 bits per heavy atom. The number of hydrogen-bond acceptors (Lipinski definition) is 3. The summed E-state index contributed by atoms with van der Waals surface area (Å²) in [6.45, 7) is 1.45. The summed E-state index contributed by atoms with van der Waals surface area (Å²) in [5, 5.41) is 9.97. The van der Waals surface area contributed by atoms with E-state index >= 15 is 0 Å². The molecule has 3 heteroatoms. The van der Waals surface area contributed by atoms with E-state index in [0.717, 1.165) is 38.5 Å². The molecule has 0 radical (unpaired) electrons. The first-order valence-corrected chi connectivity index (χ1v) is 5.50. The molecule has 0 saturated heterocycles. The van der Waals surface area contributed by atoms with Gasteiger partial charge in [-0.2, -0.15) is 0 Å². The van der Waals surface area contributed by atoms with Crippen molar-refractivity contribution < 1.29 is 14.6 Å². The van der Waals surface area contributed by atoms with Crippen molar-refractivity contribution in [3.05, 3.63) is 0 Å². The molecule has 0 bridgehead atoms. The fraction of sp³-hybridized carbons (Fsp3) is 0.909. The second-order valence-electron chi connectivity index (χ2n) is 4.63. The largest absolute Gasteiger partial charge is 0.462 e. The van der Waals surface area contributed by atoms with Gasteiger partial charge in [0.05, 0.1) is 6.10 Å². The fourth-order valence-corrected chi connectivity index (χ4v) is 3.19. The van der Waals surface area contributed by atoms with Gasteiger partial charge in [0.25, 0.3) is 0 Å². The molecule has 0 aliphatic heterocycles. The van der Waals surface area contributed by atoms with Crippen molar-refractivity contribution >= 4 is 5.97 Å². The monoisotopic (exact) mass is 198 g/mol. The van der Waals surface area contributed by atoms with Crippen LogP contribution in [0, 0.1) is 5.41 Å². The molecule has 1 N–H and O–H groups in total. The minimum atomic E-state index is -0.255. The molecule has 2 aliphatic carbocycles. The van der Waals surface area contributed by atoms with Gasteiger partial charge in [-0.3, -0.25) is 4.79 Å². The molecule has 0 aromatic carbocycles. The molecule has 0 aromatic heterocycles. The van der Waals surface area contributed by atoms with Crippen LogP contribution in [0.4, 0.5) is 0 Å². The first-order chi connectivity index (χ1) is 6.65. The van der Waals surface area contributed by atoms with Crippen molar-refractivity contribution in [1.82, 2.24) is 0 Å². The Balaban J connectivity index is 2.12. The molecular formula is C11H18O3. The number of aliphatic hydroxyl groups is 1. The second kappa shape index (κ2) is 3.54. The lowest BCUT2D eigenvalue weighted by Gasteiger charge is -2.33. The third-order valence-corrected chi connectivity index (χ3v) is 3.84. The van der Waals surface area contributed by atoms with Gasteiger partial charge in [0.15, 0.2) is 0 Å². The Hall–Kier alpha value is -0.570. The molecule has 2 aliphatic rings. The van der Waals surface area contributed by atoms with E-state index in [-0.39, 0.29) is 23.6 Å². The van der Waals surface area contributed by atoms with E-state index in [1.54, 1.807) is 0 Å². The first-order valence-electron chi connectivity index (χ1n) is 5.50. The van der Waals surface area contributed by atoms with Crippen molar-refractivity contribution in [3.63, 3.8) is 0 Å². The van der Waals surface area contributed by atoms with E-state index in [0.29, 0.717) is 0 Å². The Bertz CT molecular complexity index is 235. The molecule has 1 spiro atoms. The number of carbonyl (C=O) groups is 1. The van der Waals surface area contributed by atoms with E-state index in [1.807, 2.05) is 0 Å². The summed E-state index contributed by atoms with van der Waals surface area (Å²) in [5.41, 5.74) is -0.0916. The highest BCUT2D eigenvalue weighted by Gasteiger charge is 2.52. The highest BCUT2D eigenvalue weighted by Crippen LogP contribution is 2.51. The Kier molecular flexibility index (Phi) is 2.52. The van der Waals surface area contributed by atoms with E-state index < -0.39 is 0 Å². The van der Waals surface area contributed by atoms with Crippen LogP contribution in [0.15, 0.2) is 0 Å². The Labute approximate surface area is 84.4 Å². The predicted molar refractivity (Wildman–Crippen MR) is 51.7 cm³/mol. The molecular weight excluding hydrogens is 180 g/mol. The Morgan fingerprint density at radius 2 is 2.00 bits per heavy atom. The molecule has 0 aromatic rings.